The number of pyridine rings is 1. The average Bonchev–Trinajstić information content (AvgIpc) is 3.87. The molecular weight excluding hydrogens is 703 g/mol. The van der Waals surface area contributed by atoms with Crippen LogP contribution in [-0.4, -0.2) is 77.1 Å². The van der Waals surface area contributed by atoms with Gasteiger partial charge in [-0.15, -0.1) is 11.3 Å². The maximum atomic E-state index is 14.2. The van der Waals surface area contributed by atoms with Crippen molar-refractivity contribution in [2.45, 2.75) is 114 Å². The first-order chi connectivity index (χ1) is 24.7. The van der Waals surface area contributed by atoms with Gasteiger partial charge in [-0.1, -0.05) is 32.4 Å². The van der Waals surface area contributed by atoms with Crippen LogP contribution in [0.15, 0.2) is 35.7 Å². The van der Waals surface area contributed by atoms with E-state index in [4.69, 9.17) is 19.4 Å². The Kier molecular flexibility index (Phi) is 9.60. The number of hydrogen-bond donors (Lipinski definition) is 2. The normalized spacial score (nSPS) is 26.6. The zero-order valence-corrected chi connectivity index (χ0v) is 32.0. The fraction of sp³-hybridized carbons (Fsp3) is 0.553. The Morgan fingerprint density at radius 2 is 1.92 bits per heavy atom. The fourth-order valence-electron chi connectivity index (χ4n) is 7.25. The quantitative estimate of drug-likeness (QED) is 0.282. The summed E-state index contributed by atoms with van der Waals surface area (Å²) in [6, 6.07) is 4.73. The molecule has 1 aromatic carbocycles. The van der Waals surface area contributed by atoms with E-state index < -0.39 is 44.3 Å². The lowest BCUT2D eigenvalue weighted by molar-refractivity contribution is -0.139. The zero-order chi connectivity index (χ0) is 37.0. The zero-order valence-electron chi connectivity index (χ0n) is 30.4. The molecule has 2 saturated carbocycles. The van der Waals surface area contributed by atoms with Crippen molar-refractivity contribution in [2.24, 2.45) is 5.92 Å². The maximum Gasteiger partial charge on any atom is 0.259 e. The summed E-state index contributed by atoms with van der Waals surface area (Å²) in [5, 5.41) is 6.49. The van der Waals surface area contributed by atoms with Gasteiger partial charge in [-0.05, 0) is 70.4 Å². The number of aromatic nitrogens is 2. The highest BCUT2D eigenvalue weighted by atomic mass is 32.2. The Labute approximate surface area is 308 Å². The number of amides is 3. The Bertz CT molecular complexity index is 2060. The predicted octanol–water partition coefficient (Wildman–Crippen LogP) is 5.54. The number of carbonyl (C=O) groups excluding carboxylic acids is 3. The van der Waals surface area contributed by atoms with E-state index in [9.17, 15) is 22.8 Å². The van der Waals surface area contributed by atoms with Gasteiger partial charge in [-0.25, -0.2) is 18.4 Å². The van der Waals surface area contributed by atoms with Crippen LogP contribution in [0, 0.1) is 12.8 Å². The summed E-state index contributed by atoms with van der Waals surface area (Å²) in [6.45, 7) is 7.92. The van der Waals surface area contributed by atoms with Crippen LogP contribution < -0.4 is 19.5 Å². The minimum absolute atomic E-state index is 0.154. The predicted molar refractivity (Wildman–Crippen MR) is 199 cm³/mol. The molecule has 4 aliphatic rings. The Morgan fingerprint density at radius 3 is 2.63 bits per heavy atom. The molecule has 12 nitrogen and oxygen atoms in total. The lowest BCUT2D eigenvalue weighted by atomic mass is 10.1. The van der Waals surface area contributed by atoms with Crippen molar-refractivity contribution in [1.82, 2.24) is 24.9 Å². The highest BCUT2D eigenvalue weighted by Gasteiger charge is 2.63. The van der Waals surface area contributed by atoms with Gasteiger partial charge in [0.2, 0.25) is 21.8 Å². The number of thiazole rings is 1. The summed E-state index contributed by atoms with van der Waals surface area (Å²) < 4.78 is 39.8. The number of allylic oxidation sites excluding steroid dienone is 1. The van der Waals surface area contributed by atoms with E-state index in [1.165, 1.54) is 11.3 Å². The number of methoxy groups -OCH3 is 1. The van der Waals surface area contributed by atoms with E-state index in [1.807, 2.05) is 42.7 Å². The first-order valence-electron chi connectivity index (χ1n) is 18.2. The van der Waals surface area contributed by atoms with Crippen LogP contribution in [0.5, 0.6) is 11.5 Å². The van der Waals surface area contributed by atoms with Gasteiger partial charge in [0.25, 0.3) is 5.91 Å². The van der Waals surface area contributed by atoms with Gasteiger partial charge in [-0.3, -0.25) is 19.1 Å². The van der Waals surface area contributed by atoms with Crippen LogP contribution in [0.1, 0.15) is 95.7 Å². The molecule has 1 saturated heterocycles. The summed E-state index contributed by atoms with van der Waals surface area (Å²) >= 11 is 1.51. The summed E-state index contributed by atoms with van der Waals surface area (Å²) in [6.07, 6.45) is 8.24. The van der Waals surface area contributed by atoms with Crippen molar-refractivity contribution in [2.75, 3.05) is 13.7 Å². The second kappa shape index (κ2) is 13.7. The van der Waals surface area contributed by atoms with Gasteiger partial charge in [0.1, 0.15) is 39.9 Å². The van der Waals surface area contributed by atoms with Crippen molar-refractivity contribution in [1.29, 1.82) is 0 Å². The first-order valence-corrected chi connectivity index (χ1v) is 20.6. The molecule has 278 valence electrons. The van der Waals surface area contributed by atoms with Crippen molar-refractivity contribution in [3.63, 3.8) is 0 Å². The molecule has 2 aliphatic carbocycles. The molecule has 2 N–H and O–H groups in total. The van der Waals surface area contributed by atoms with Crippen molar-refractivity contribution in [3.8, 4) is 22.2 Å². The van der Waals surface area contributed by atoms with E-state index in [2.05, 4.69) is 23.9 Å². The summed E-state index contributed by atoms with van der Waals surface area (Å²) in [5.41, 5.74) is 1.76. The Hall–Kier alpha value is -4.04. The fourth-order valence-corrected chi connectivity index (χ4v) is 9.50. The molecule has 4 atom stereocenters. The molecule has 14 heteroatoms. The molecule has 3 fully saturated rings. The molecule has 0 bridgehead atoms. The van der Waals surface area contributed by atoms with Crippen molar-refractivity contribution in [3.05, 3.63) is 47.0 Å². The van der Waals surface area contributed by atoms with Crippen molar-refractivity contribution < 1.29 is 32.3 Å². The van der Waals surface area contributed by atoms with Crippen LogP contribution >= 0.6 is 11.3 Å². The number of sulfonamides is 1. The smallest absolute Gasteiger partial charge is 0.259 e. The third kappa shape index (κ3) is 6.79. The number of carbonyl (C=O) groups is 3. The molecule has 3 amide bonds. The van der Waals surface area contributed by atoms with Gasteiger partial charge < -0.3 is 19.7 Å². The molecule has 0 unspecified atom stereocenters. The highest BCUT2D eigenvalue weighted by Crippen LogP contribution is 2.48. The van der Waals surface area contributed by atoms with Gasteiger partial charge >= 0.3 is 0 Å². The van der Waals surface area contributed by atoms with Crippen LogP contribution in [0.2, 0.25) is 0 Å². The van der Waals surface area contributed by atoms with Gasteiger partial charge in [0, 0.05) is 41.2 Å². The standard InChI is InChI=1S/C38H47N5O7S2/c1-22(2)28-21-51-35(40-28)27-18-31(26-13-14-30(49-5)23(3)33(26)39-27)50-25-17-29-34(45)41-38(36(46)42-52(47,48)37(4)15-16-37)19-24(38)11-9-7-6-8-10-12-32(44)43(29)20-25/h9,11,13-14,18,21-22,24-25,29H,6-8,10,12,15-17,19-20H2,1-5H3,(H,41,45)(H,42,46)/b11-9-/t24-,25-,29+,38-/m1/s1. The lowest BCUT2D eigenvalue weighted by Gasteiger charge is -2.27. The van der Waals surface area contributed by atoms with Gasteiger partial charge in [0.05, 0.1) is 29.6 Å². The molecule has 3 aromatic rings. The number of nitrogens with one attached hydrogen (secondary N) is 2. The molecular formula is C38H47N5O7S2. The van der Waals surface area contributed by atoms with Crippen LogP contribution in [0.3, 0.4) is 0 Å². The summed E-state index contributed by atoms with van der Waals surface area (Å²) in [4.78, 5) is 53.1. The lowest BCUT2D eigenvalue weighted by Crippen LogP contribution is -2.57. The number of fused-ring (bicyclic) bond motifs is 3. The number of aryl methyl sites for hydroxylation is 1. The molecule has 0 spiro atoms. The van der Waals surface area contributed by atoms with E-state index in [-0.39, 0.29) is 43.6 Å². The van der Waals surface area contributed by atoms with E-state index in [0.717, 1.165) is 40.9 Å². The van der Waals surface area contributed by atoms with E-state index >= 15 is 0 Å². The van der Waals surface area contributed by atoms with Crippen LogP contribution in [0.25, 0.3) is 21.6 Å². The molecule has 7 rings (SSSR count). The number of rotatable bonds is 8. The largest absolute Gasteiger partial charge is 0.496 e. The molecule has 2 aliphatic heterocycles. The minimum Gasteiger partial charge on any atom is -0.496 e. The van der Waals surface area contributed by atoms with Crippen LogP contribution in [-0.2, 0) is 24.4 Å². The number of hydrogen-bond acceptors (Lipinski definition) is 10. The Balaban J connectivity index is 1.19. The van der Waals surface area contributed by atoms with Crippen molar-refractivity contribution >= 4 is 50.0 Å². The summed E-state index contributed by atoms with van der Waals surface area (Å²) in [7, 11) is -2.31. The highest BCUT2D eigenvalue weighted by molar-refractivity contribution is 7.91. The number of nitrogens with zero attached hydrogens (tertiary/aromatic N) is 3. The molecule has 2 aromatic heterocycles. The third-order valence-corrected chi connectivity index (χ3v) is 14.1. The van der Waals surface area contributed by atoms with E-state index in [1.54, 1.807) is 18.9 Å². The minimum atomic E-state index is -3.92. The second-order valence-corrected chi connectivity index (χ2v) is 18.3. The summed E-state index contributed by atoms with van der Waals surface area (Å²) in [5.74, 6) is -0.246. The SMILES string of the molecule is COc1ccc2c(O[C@@H]3C[C@H]4C(=O)N[C@]5(C(=O)NS(=O)(=O)C6(C)CC6)C[C@H]5/C=C\CCCCCC(=O)N4C3)cc(-c3nc(C(C)C)cs3)nc2c1C. The molecule has 4 heterocycles. The third-order valence-electron chi connectivity index (χ3n) is 11.1. The Morgan fingerprint density at radius 1 is 1.13 bits per heavy atom. The first kappa shape index (κ1) is 36.3. The number of ether oxygens (including phenoxy) is 2. The monoisotopic (exact) mass is 749 g/mol. The topological polar surface area (TPSA) is 157 Å². The van der Waals surface area contributed by atoms with Crippen LogP contribution in [0.4, 0.5) is 0 Å². The average molecular weight is 750 g/mol. The molecule has 0 radical (unpaired) electrons. The van der Waals surface area contributed by atoms with Gasteiger partial charge in [-0.2, -0.15) is 0 Å². The second-order valence-electron chi connectivity index (χ2n) is 15.2. The maximum absolute atomic E-state index is 14.2. The number of benzene rings is 1. The molecule has 52 heavy (non-hydrogen) atoms. The van der Waals surface area contributed by atoms with E-state index in [0.29, 0.717) is 42.0 Å². The van der Waals surface area contributed by atoms with Gasteiger partial charge in [0.15, 0.2) is 0 Å².